The van der Waals surface area contributed by atoms with E-state index >= 15 is 0 Å². The van der Waals surface area contributed by atoms with Crippen molar-refractivity contribution in [1.29, 1.82) is 0 Å². The standard InChI is InChI=1S/C14H17N3O.C12H22O11/c1-16-9-3-5-13-11(7-9)10-6-8(14(15)18)2-4-12(10)17-13;13-1-3-5(15)7(17)9(19)11(21-3)23-12-10(20)8(18)6(16)4(2-14)22-12/h2,4,6,9,16-17H,3,5,7H2,1H3,(H2,15,18);3-20H,1-2H2/t9-;3-,4-,5-,6-,7+,8+,9-,10-,11-,12-/m11/s1. The molecule has 1 aromatic heterocycles. The molecule has 230 valence electrons. The highest BCUT2D eigenvalue weighted by molar-refractivity contribution is 5.98. The Kier molecular flexibility index (Phi) is 10.3. The fourth-order valence-electron chi connectivity index (χ4n) is 5.31. The number of amides is 1. The fourth-order valence-corrected chi connectivity index (χ4v) is 5.31. The van der Waals surface area contributed by atoms with Gasteiger partial charge in [-0.3, -0.25) is 4.79 Å². The van der Waals surface area contributed by atoms with E-state index in [9.17, 15) is 35.4 Å². The Morgan fingerprint density at radius 3 is 2.00 bits per heavy atom. The minimum Gasteiger partial charge on any atom is -0.394 e. The number of nitrogens with one attached hydrogen (secondary N) is 2. The number of rotatable bonds is 6. The van der Waals surface area contributed by atoms with E-state index in [4.69, 9.17) is 30.2 Å². The first-order chi connectivity index (χ1) is 19.5. The summed E-state index contributed by atoms with van der Waals surface area (Å²) in [6.07, 6.45) is -12.4. The van der Waals surface area contributed by atoms with Crippen LogP contribution in [0.1, 0.15) is 28.0 Å². The van der Waals surface area contributed by atoms with Crippen LogP contribution in [0.15, 0.2) is 18.2 Å². The van der Waals surface area contributed by atoms with Crippen LogP contribution in [0.5, 0.6) is 0 Å². The molecule has 2 aliphatic heterocycles. The molecule has 0 radical (unpaired) electrons. The van der Waals surface area contributed by atoms with Gasteiger partial charge in [0.2, 0.25) is 5.91 Å². The van der Waals surface area contributed by atoms with Gasteiger partial charge < -0.3 is 71.1 Å². The van der Waals surface area contributed by atoms with Crippen molar-refractivity contribution in [3.05, 3.63) is 35.0 Å². The summed E-state index contributed by atoms with van der Waals surface area (Å²) in [5, 5.41) is 80.9. The molecule has 1 amide bonds. The highest BCUT2D eigenvalue weighted by Gasteiger charge is 2.49. The quantitative estimate of drug-likeness (QED) is 0.154. The predicted octanol–water partition coefficient (Wildman–Crippen LogP) is -4.05. The summed E-state index contributed by atoms with van der Waals surface area (Å²) in [6.45, 7) is -1.33. The van der Waals surface area contributed by atoms with E-state index < -0.39 is 74.6 Å². The zero-order chi connectivity index (χ0) is 30.0. The number of primary amides is 1. The number of fused-ring (bicyclic) bond motifs is 3. The van der Waals surface area contributed by atoms with Crippen LogP contribution in [0.25, 0.3) is 10.9 Å². The number of aromatic nitrogens is 1. The van der Waals surface area contributed by atoms with Crippen LogP contribution >= 0.6 is 0 Å². The van der Waals surface area contributed by atoms with Gasteiger partial charge in [0.1, 0.15) is 48.8 Å². The van der Waals surface area contributed by atoms with Crippen molar-refractivity contribution >= 4 is 16.8 Å². The number of aliphatic hydroxyl groups excluding tert-OH is 8. The molecule has 15 heteroatoms. The maximum atomic E-state index is 11.3. The van der Waals surface area contributed by atoms with E-state index in [-0.39, 0.29) is 5.91 Å². The molecule has 2 aromatic rings. The van der Waals surface area contributed by atoms with E-state index in [0.717, 1.165) is 30.2 Å². The number of nitrogens with two attached hydrogens (primary N) is 1. The molecule has 41 heavy (non-hydrogen) atoms. The normalized spacial score (nSPS) is 37.2. The largest absolute Gasteiger partial charge is 0.394 e. The van der Waals surface area contributed by atoms with Gasteiger partial charge in [-0.05, 0) is 50.1 Å². The summed E-state index contributed by atoms with van der Waals surface area (Å²) >= 11 is 0. The number of ether oxygens (including phenoxy) is 3. The molecule has 15 nitrogen and oxygen atoms in total. The lowest BCUT2D eigenvalue weighted by atomic mass is 9.91. The number of hydrogen-bond acceptors (Lipinski definition) is 13. The summed E-state index contributed by atoms with van der Waals surface area (Å²) in [5.74, 6) is -0.368. The Bertz CT molecular complexity index is 1140. The molecule has 3 aliphatic rings. The van der Waals surface area contributed by atoms with Crippen LogP contribution in [0, 0.1) is 0 Å². The number of benzene rings is 1. The van der Waals surface area contributed by atoms with Crippen molar-refractivity contribution in [2.75, 3.05) is 20.3 Å². The third-order valence-electron chi connectivity index (χ3n) is 7.85. The smallest absolute Gasteiger partial charge is 0.248 e. The second-order valence-electron chi connectivity index (χ2n) is 10.5. The van der Waals surface area contributed by atoms with Gasteiger partial charge >= 0.3 is 0 Å². The molecule has 0 bridgehead atoms. The fraction of sp³-hybridized carbons (Fsp3) is 0.654. The summed E-state index contributed by atoms with van der Waals surface area (Å²) < 4.78 is 15.3. The van der Waals surface area contributed by atoms with Crippen LogP contribution in [-0.4, -0.2) is 139 Å². The van der Waals surface area contributed by atoms with Crippen LogP contribution in [0.4, 0.5) is 0 Å². The summed E-state index contributed by atoms with van der Waals surface area (Å²) in [6, 6.07) is 6.16. The highest BCUT2D eigenvalue weighted by Crippen LogP contribution is 2.30. The monoisotopic (exact) mass is 585 g/mol. The number of carbonyl (C=O) groups excluding carboxylic acids is 1. The lowest BCUT2D eigenvalue weighted by molar-refractivity contribution is -0.376. The van der Waals surface area contributed by atoms with Gasteiger partial charge in [0.15, 0.2) is 12.6 Å². The second-order valence-corrected chi connectivity index (χ2v) is 10.5. The zero-order valence-corrected chi connectivity index (χ0v) is 22.4. The van der Waals surface area contributed by atoms with Gasteiger partial charge in [0.05, 0.1) is 13.2 Å². The van der Waals surface area contributed by atoms with E-state index in [2.05, 4.69) is 10.3 Å². The third kappa shape index (κ3) is 6.56. The molecular formula is C26H39N3O12. The molecule has 0 unspecified atom stereocenters. The SMILES string of the molecule is CN[C@@H]1CCc2[nH]c3ccc(C(N)=O)cc3c2C1.OC[C@H]1O[C@H](O[C@H]2O[C@H](CO)[C@@H](O)[C@H](O)[C@H]2O)[C@H](O)[C@@H](O)[C@@H]1O. The van der Waals surface area contributed by atoms with Gasteiger partial charge in [-0.2, -0.15) is 0 Å². The van der Waals surface area contributed by atoms with E-state index in [1.54, 1.807) is 6.07 Å². The van der Waals surface area contributed by atoms with Gasteiger partial charge in [-0.1, -0.05) is 0 Å². The Hall–Kier alpha value is -2.25. The average molecular weight is 586 g/mol. The molecule has 0 saturated carbocycles. The van der Waals surface area contributed by atoms with Crippen molar-refractivity contribution in [2.45, 2.75) is 86.7 Å². The Labute approximate surface area is 235 Å². The van der Waals surface area contributed by atoms with Gasteiger partial charge in [0.25, 0.3) is 0 Å². The maximum absolute atomic E-state index is 11.3. The first kappa shape index (κ1) is 31.7. The molecule has 0 spiro atoms. The van der Waals surface area contributed by atoms with Crippen molar-refractivity contribution in [3.8, 4) is 0 Å². The van der Waals surface area contributed by atoms with Crippen molar-refractivity contribution in [3.63, 3.8) is 0 Å². The highest BCUT2D eigenvalue weighted by atomic mass is 16.8. The summed E-state index contributed by atoms with van der Waals surface area (Å²) in [5.41, 5.74) is 9.66. The van der Waals surface area contributed by atoms with Gasteiger partial charge in [-0.15, -0.1) is 0 Å². The number of likely N-dealkylation sites (N-methyl/N-ethyl adjacent to an activating group) is 1. The molecular weight excluding hydrogens is 546 g/mol. The number of carbonyl (C=O) groups is 1. The average Bonchev–Trinajstić information content (AvgIpc) is 3.34. The minimum absolute atomic E-state index is 0.368. The molecule has 11 atom stereocenters. The summed E-state index contributed by atoms with van der Waals surface area (Å²) in [7, 11) is 2.00. The number of H-pyrrole nitrogens is 1. The van der Waals surface area contributed by atoms with Crippen LogP contribution in [0.2, 0.25) is 0 Å². The van der Waals surface area contributed by atoms with E-state index in [0.29, 0.717) is 11.6 Å². The molecule has 2 saturated heterocycles. The number of aromatic amines is 1. The lowest BCUT2D eigenvalue weighted by Crippen LogP contribution is -2.63. The maximum Gasteiger partial charge on any atom is 0.248 e. The van der Waals surface area contributed by atoms with Gasteiger partial charge in [0, 0.05) is 28.2 Å². The number of aliphatic hydroxyl groups is 8. The lowest BCUT2D eigenvalue weighted by Gasteiger charge is -2.44. The van der Waals surface area contributed by atoms with Crippen molar-refractivity contribution in [2.24, 2.45) is 5.73 Å². The molecule has 1 aromatic carbocycles. The van der Waals surface area contributed by atoms with Crippen molar-refractivity contribution < 1.29 is 59.9 Å². The Morgan fingerprint density at radius 1 is 0.951 bits per heavy atom. The minimum atomic E-state index is -1.72. The van der Waals surface area contributed by atoms with Crippen LogP contribution < -0.4 is 11.1 Å². The zero-order valence-electron chi connectivity index (χ0n) is 22.4. The van der Waals surface area contributed by atoms with Gasteiger partial charge in [-0.25, -0.2) is 0 Å². The topological polar surface area (TPSA) is 260 Å². The first-order valence-corrected chi connectivity index (χ1v) is 13.4. The molecule has 12 N–H and O–H groups in total. The molecule has 5 rings (SSSR count). The number of hydrogen-bond donors (Lipinski definition) is 11. The third-order valence-corrected chi connectivity index (χ3v) is 7.85. The van der Waals surface area contributed by atoms with E-state index in [1.165, 1.54) is 11.3 Å². The second kappa shape index (κ2) is 13.4. The molecule has 3 heterocycles. The predicted molar refractivity (Wildman–Crippen MR) is 140 cm³/mol. The van der Waals surface area contributed by atoms with Crippen LogP contribution in [0.3, 0.4) is 0 Å². The Morgan fingerprint density at radius 2 is 1.51 bits per heavy atom. The summed E-state index contributed by atoms with van der Waals surface area (Å²) in [4.78, 5) is 14.7. The number of aryl methyl sites for hydroxylation is 1. The van der Waals surface area contributed by atoms with E-state index in [1.807, 2.05) is 19.2 Å². The first-order valence-electron chi connectivity index (χ1n) is 13.4. The Balaban J connectivity index is 0.000000194. The van der Waals surface area contributed by atoms with Crippen LogP contribution in [-0.2, 0) is 27.1 Å². The molecule has 2 fully saturated rings. The molecule has 1 aliphatic carbocycles. The van der Waals surface area contributed by atoms with Crippen molar-refractivity contribution in [1.82, 2.24) is 10.3 Å².